The predicted molar refractivity (Wildman–Crippen MR) is 94.4 cm³/mol. The first-order chi connectivity index (χ1) is 11.6. The predicted octanol–water partition coefficient (Wildman–Crippen LogP) is 2.05. The SMILES string of the molecule is CC(=O)Nc1cccc(-n2nnnc2SCC2CCCN(C)C2)c1. The van der Waals surface area contributed by atoms with Gasteiger partial charge in [0, 0.05) is 24.9 Å². The second kappa shape index (κ2) is 7.76. The van der Waals surface area contributed by atoms with Crippen LogP contribution in [0.4, 0.5) is 5.69 Å². The zero-order valence-electron chi connectivity index (χ0n) is 14.0. The molecule has 2 aromatic rings. The van der Waals surface area contributed by atoms with Gasteiger partial charge in [-0.05, 0) is 61.0 Å². The van der Waals surface area contributed by atoms with Gasteiger partial charge >= 0.3 is 0 Å². The largest absolute Gasteiger partial charge is 0.326 e. The van der Waals surface area contributed by atoms with Crippen LogP contribution in [0.5, 0.6) is 0 Å². The van der Waals surface area contributed by atoms with Crippen molar-refractivity contribution in [1.29, 1.82) is 0 Å². The molecule has 1 saturated heterocycles. The molecule has 0 spiro atoms. The van der Waals surface area contributed by atoms with E-state index in [0.717, 1.165) is 28.8 Å². The lowest BCUT2D eigenvalue weighted by Crippen LogP contribution is -2.33. The second-order valence-corrected chi connectivity index (χ2v) is 7.17. The molecule has 2 heterocycles. The third kappa shape index (κ3) is 4.33. The van der Waals surface area contributed by atoms with Crippen LogP contribution >= 0.6 is 11.8 Å². The van der Waals surface area contributed by atoms with E-state index in [0.29, 0.717) is 5.92 Å². The van der Waals surface area contributed by atoms with Crippen molar-refractivity contribution >= 4 is 23.4 Å². The lowest BCUT2D eigenvalue weighted by molar-refractivity contribution is -0.114. The van der Waals surface area contributed by atoms with Crippen molar-refractivity contribution in [3.05, 3.63) is 24.3 Å². The molecule has 0 bridgehead atoms. The molecule has 24 heavy (non-hydrogen) atoms. The average Bonchev–Trinajstić information content (AvgIpc) is 3.01. The highest BCUT2D eigenvalue weighted by molar-refractivity contribution is 7.99. The maximum Gasteiger partial charge on any atom is 0.221 e. The fraction of sp³-hybridized carbons (Fsp3) is 0.500. The molecule has 1 aromatic carbocycles. The van der Waals surface area contributed by atoms with E-state index in [1.165, 1.54) is 26.3 Å². The number of nitrogens with one attached hydrogen (secondary N) is 1. The fourth-order valence-electron chi connectivity index (χ4n) is 2.95. The molecule has 1 fully saturated rings. The van der Waals surface area contributed by atoms with Crippen LogP contribution in [0.3, 0.4) is 0 Å². The normalized spacial score (nSPS) is 18.5. The minimum Gasteiger partial charge on any atom is -0.326 e. The van der Waals surface area contributed by atoms with Crippen LogP contribution in [0.25, 0.3) is 5.69 Å². The summed E-state index contributed by atoms with van der Waals surface area (Å²) in [7, 11) is 2.18. The quantitative estimate of drug-likeness (QED) is 0.835. The van der Waals surface area contributed by atoms with E-state index < -0.39 is 0 Å². The van der Waals surface area contributed by atoms with E-state index in [2.05, 4.69) is 32.8 Å². The Hall–Kier alpha value is -1.93. The lowest BCUT2D eigenvalue weighted by atomic mass is 10.0. The van der Waals surface area contributed by atoms with Crippen molar-refractivity contribution in [2.45, 2.75) is 24.9 Å². The smallest absolute Gasteiger partial charge is 0.221 e. The van der Waals surface area contributed by atoms with Crippen molar-refractivity contribution in [3.8, 4) is 5.69 Å². The number of likely N-dealkylation sites (tertiary alicyclic amines) is 1. The number of hydrogen-bond acceptors (Lipinski definition) is 6. The molecule has 8 heteroatoms. The van der Waals surface area contributed by atoms with Gasteiger partial charge in [-0.3, -0.25) is 4.79 Å². The molecule has 0 radical (unpaired) electrons. The number of thioether (sulfide) groups is 1. The van der Waals surface area contributed by atoms with Gasteiger partial charge in [0.1, 0.15) is 0 Å². The van der Waals surface area contributed by atoms with E-state index in [-0.39, 0.29) is 5.91 Å². The number of rotatable bonds is 5. The molecule has 1 N–H and O–H groups in total. The van der Waals surface area contributed by atoms with Crippen LogP contribution in [-0.2, 0) is 4.79 Å². The summed E-state index contributed by atoms with van der Waals surface area (Å²) >= 11 is 1.69. The number of anilines is 1. The van der Waals surface area contributed by atoms with Gasteiger partial charge in [0.2, 0.25) is 11.1 Å². The summed E-state index contributed by atoms with van der Waals surface area (Å²) in [5.74, 6) is 1.58. The molecular weight excluding hydrogens is 324 g/mol. The lowest BCUT2D eigenvalue weighted by Gasteiger charge is -2.29. The Kier molecular flexibility index (Phi) is 5.47. The van der Waals surface area contributed by atoms with E-state index in [9.17, 15) is 4.79 Å². The zero-order valence-corrected chi connectivity index (χ0v) is 14.8. The molecular formula is C16H22N6OS. The van der Waals surface area contributed by atoms with Crippen LogP contribution < -0.4 is 5.32 Å². The summed E-state index contributed by atoms with van der Waals surface area (Å²) in [6, 6.07) is 7.53. The van der Waals surface area contributed by atoms with Gasteiger partial charge in [0.25, 0.3) is 0 Å². The Morgan fingerprint density at radius 2 is 2.33 bits per heavy atom. The van der Waals surface area contributed by atoms with Gasteiger partial charge in [0.15, 0.2) is 0 Å². The Bertz CT molecular complexity index is 703. The van der Waals surface area contributed by atoms with E-state index in [1.807, 2.05) is 24.3 Å². The highest BCUT2D eigenvalue weighted by Gasteiger charge is 2.19. The number of amides is 1. The molecule has 128 valence electrons. The van der Waals surface area contributed by atoms with Crippen LogP contribution in [0.1, 0.15) is 19.8 Å². The van der Waals surface area contributed by atoms with Crippen molar-refractivity contribution in [2.24, 2.45) is 5.92 Å². The highest BCUT2D eigenvalue weighted by atomic mass is 32.2. The molecule has 1 aromatic heterocycles. The second-order valence-electron chi connectivity index (χ2n) is 6.19. The van der Waals surface area contributed by atoms with Gasteiger partial charge in [-0.25, -0.2) is 0 Å². The minimum absolute atomic E-state index is 0.0973. The Balaban J connectivity index is 1.69. The maximum atomic E-state index is 11.2. The first kappa shape index (κ1) is 16.9. The van der Waals surface area contributed by atoms with Gasteiger partial charge in [-0.1, -0.05) is 17.8 Å². The van der Waals surface area contributed by atoms with Crippen molar-refractivity contribution in [3.63, 3.8) is 0 Å². The van der Waals surface area contributed by atoms with Gasteiger partial charge in [-0.2, -0.15) is 4.68 Å². The summed E-state index contributed by atoms with van der Waals surface area (Å²) in [6.45, 7) is 3.81. The third-order valence-corrected chi connectivity index (χ3v) is 5.17. The molecule has 1 unspecified atom stereocenters. The van der Waals surface area contributed by atoms with Crippen molar-refractivity contribution in [2.75, 3.05) is 31.2 Å². The molecule has 0 saturated carbocycles. The molecule has 3 rings (SSSR count). The molecule has 1 amide bonds. The van der Waals surface area contributed by atoms with Crippen LogP contribution in [0.2, 0.25) is 0 Å². The minimum atomic E-state index is -0.0973. The molecule has 1 atom stereocenters. The summed E-state index contributed by atoms with van der Waals surface area (Å²) in [6.07, 6.45) is 2.52. The number of tetrazole rings is 1. The standard InChI is InChI=1S/C16H22N6OS/c1-12(23)17-14-6-3-7-15(9-14)22-16(18-19-20-22)24-11-13-5-4-8-21(2)10-13/h3,6-7,9,13H,4-5,8,10-11H2,1-2H3,(H,17,23). The van der Waals surface area contributed by atoms with E-state index in [1.54, 1.807) is 16.4 Å². The van der Waals surface area contributed by atoms with Gasteiger partial charge in [-0.15, -0.1) is 5.10 Å². The number of piperidine rings is 1. The summed E-state index contributed by atoms with van der Waals surface area (Å²) < 4.78 is 1.72. The van der Waals surface area contributed by atoms with Gasteiger partial charge < -0.3 is 10.2 Å². The molecule has 1 aliphatic rings. The maximum absolute atomic E-state index is 11.2. The number of aromatic nitrogens is 4. The first-order valence-corrected chi connectivity index (χ1v) is 9.08. The number of benzene rings is 1. The zero-order chi connectivity index (χ0) is 16.9. The molecule has 0 aliphatic carbocycles. The molecule has 7 nitrogen and oxygen atoms in total. The van der Waals surface area contributed by atoms with Crippen LogP contribution in [0, 0.1) is 5.92 Å². The van der Waals surface area contributed by atoms with E-state index in [4.69, 9.17) is 0 Å². The fourth-order valence-corrected chi connectivity index (χ4v) is 3.97. The third-order valence-electron chi connectivity index (χ3n) is 4.02. The first-order valence-electron chi connectivity index (χ1n) is 8.09. The topological polar surface area (TPSA) is 75.9 Å². The Morgan fingerprint density at radius 1 is 1.46 bits per heavy atom. The van der Waals surface area contributed by atoms with Crippen molar-refractivity contribution in [1.82, 2.24) is 25.1 Å². The highest BCUT2D eigenvalue weighted by Crippen LogP contribution is 2.25. The summed E-state index contributed by atoms with van der Waals surface area (Å²) in [4.78, 5) is 13.6. The Morgan fingerprint density at radius 3 is 3.12 bits per heavy atom. The van der Waals surface area contributed by atoms with Gasteiger partial charge in [0.05, 0.1) is 5.69 Å². The number of carbonyl (C=O) groups is 1. The number of nitrogens with zero attached hydrogens (tertiary/aromatic N) is 5. The van der Waals surface area contributed by atoms with Crippen molar-refractivity contribution < 1.29 is 4.79 Å². The number of hydrogen-bond donors (Lipinski definition) is 1. The van der Waals surface area contributed by atoms with Crippen LogP contribution in [-0.4, -0.2) is 56.9 Å². The summed E-state index contributed by atoms with van der Waals surface area (Å²) in [5, 5.41) is 15.6. The monoisotopic (exact) mass is 346 g/mol. The van der Waals surface area contributed by atoms with Crippen LogP contribution in [0.15, 0.2) is 29.4 Å². The number of carbonyl (C=O) groups excluding carboxylic acids is 1. The summed E-state index contributed by atoms with van der Waals surface area (Å²) in [5.41, 5.74) is 1.58. The average molecular weight is 346 g/mol. The molecule has 1 aliphatic heterocycles. The van der Waals surface area contributed by atoms with E-state index >= 15 is 0 Å². The Labute approximate surface area is 145 Å².